The molecule has 0 bridgehead atoms. The Morgan fingerprint density at radius 2 is 1.57 bits per heavy atom. The first kappa shape index (κ1) is 20.3. The van der Waals surface area contributed by atoms with Gasteiger partial charge in [-0.3, -0.25) is 4.79 Å². The Balaban J connectivity index is 1.27. The Hall–Kier alpha value is -3.00. The molecule has 2 fully saturated rings. The Bertz CT molecular complexity index is 878. The summed E-state index contributed by atoms with van der Waals surface area (Å²) in [5, 5.41) is 12.6. The van der Waals surface area contributed by atoms with Gasteiger partial charge in [0.2, 0.25) is 0 Å². The Labute approximate surface area is 176 Å². The minimum absolute atomic E-state index is 0.00313. The number of piperazine rings is 1. The standard InChI is InChI=1S/C22H29N5O3/c1-24-10-2-3-20(24)21(29)26-13-15-27(16-14-26)22(30)23-17-4-6-18(7-5-17)25-11-8-19(28)9-12-25/h2-7,10,19,28H,8-9,11-16H2,1H3,(H,23,30). The van der Waals surface area contributed by atoms with Gasteiger partial charge in [-0.15, -0.1) is 0 Å². The first-order chi connectivity index (χ1) is 14.5. The highest BCUT2D eigenvalue weighted by Crippen LogP contribution is 2.22. The SMILES string of the molecule is Cn1cccc1C(=O)N1CCN(C(=O)Nc2ccc(N3CCC(O)CC3)cc2)CC1. The van der Waals surface area contributed by atoms with Crippen molar-refractivity contribution in [2.24, 2.45) is 7.05 Å². The summed E-state index contributed by atoms with van der Waals surface area (Å²) in [4.78, 5) is 31.0. The fourth-order valence-corrected chi connectivity index (χ4v) is 4.04. The maximum atomic E-state index is 12.6. The normalized spacial score (nSPS) is 17.9. The quantitative estimate of drug-likeness (QED) is 0.809. The molecule has 1 aromatic heterocycles. The Kier molecular flexibility index (Phi) is 5.94. The van der Waals surface area contributed by atoms with Crippen LogP contribution in [0.3, 0.4) is 0 Å². The lowest BCUT2D eigenvalue weighted by molar-refractivity contribution is 0.0662. The van der Waals surface area contributed by atoms with Crippen LogP contribution in [0.5, 0.6) is 0 Å². The molecule has 0 radical (unpaired) electrons. The lowest BCUT2D eigenvalue weighted by Crippen LogP contribution is -2.51. The lowest BCUT2D eigenvalue weighted by atomic mass is 10.1. The molecule has 2 N–H and O–H groups in total. The third kappa shape index (κ3) is 4.43. The van der Waals surface area contributed by atoms with E-state index in [9.17, 15) is 14.7 Å². The van der Waals surface area contributed by atoms with Gasteiger partial charge in [0.1, 0.15) is 5.69 Å². The second kappa shape index (κ2) is 8.79. The summed E-state index contributed by atoms with van der Waals surface area (Å²) in [6, 6.07) is 11.4. The number of rotatable bonds is 3. The largest absolute Gasteiger partial charge is 0.393 e. The number of aliphatic hydroxyl groups excluding tert-OH is 1. The summed E-state index contributed by atoms with van der Waals surface area (Å²) in [5.41, 5.74) is 2.52. The molecule has 160 valence electrons. The Morgan fingerprint density at radius 3 is 2.17 bits per heavy atom. The van der Waals surface area contributed by atoms with E-state index < -0.39 is 0 Å². The number of aliphatic hydroxyl groups is 1. The predicted molar refractivity (Wildman–Crippen MR) is 116 cm³/mol. The third-order valence-corrected chi connectivity index (χ3v) is 5.97. The second-order valence-electron chi connectivity index (χ2n) is 7.98. The van der Waals surface area contributed by atoms with E-state index in [4.69, 9.17) is 0 Å². The smallest absolute Gasteiger partial charge is 0.321 e. The van der Waals surface area contributed by atoms with Gasteiger partial charge >= 0.3 is 6.03 Å². The second-order valence-corrected chi connectivity index (χ2v) is 7.98. The topological polar surface area (TPSA) is 81.1 Å². The highest BCUT2D eigenvalue weighted by atomic mass is 16.3. The van der Waals surface area contributed by atoms with Crippen LogP contribution < -0.4 is 10.2 Å². The maximum Gasteiger partial charge on any atom is 0.321 e. The van der Waals surface area contributed by atoms with Crippen molar-refractivity contribution in [1.29, 1.82) is 0 Å². The molecule has 1 aromatic carbocycles. The number of aryl methyl sites for hydroxylation is 1. The van der Waals surface area contributed by atoms with Gasteiger partial charge in [-0.2, -0.15) is 0 Å². The predicted octanol–water partition coefficient (Wildman–Crippen LogP) is 1.98. The molecule has 3 heterocycles. The number of hydrogen-bond donors (Lipinski definition) is 2. The summed E-state index contributed by atoms with van der Waals surface area (Å²) < 4.78 is 1.82. The average Bonchev–Trinajstić information content (AvgIpc) is 3.20. The minimum atomic E-state index is -0.192. The van der Waals surface area contributed by atoms with Gasteiger partial charge < -0.3 is 29.7 Å². The molecule has 0 unspecified atom stereocenters. The molecule has 4 rings (SSSR count). The van der Waals surface area contributed by atoms with Gasteiger partial charge in [0.25, 0.3) is 5.91 Å². The van der Waals surface area contributed by atoms with Crippen LogP contribution in [0.15, 0.2) is 42.6 Å². The van der Waals surface area contributed by atoms with E-state index in [1.165, 1.54) is 0 Å². The molecule has 0 aliphatic carbocycles. The summed E-state index contributed by atoms with van der Waals surface area (Å²) in [6.07, 6.45) is 3.24. The minimum Gasteiger partial charge on any atom is -0.393 e. The number of aromatic nitrogens is 1. The summed E-state index contributed by atoms with van der Waals surface area (Å²) in [6.45, 7) is 3.76. The van der Waals surface area contributed by atoms with E-state index in [2.05, 4.69) is 10.2 Å². The number of nitrogens with one attached hydrogen (secondary N) is 1. The molecule has 0 atom stereocenters. The highest BCUT2D eigenvalue weighted by Gasteiger charge is 2.26. The van der Waals surface area contributed by atoms with Crippen molar-refractivity contribution < 1.29 is 14.7 Å². The van der Waals surface area contributed by atoms with E-state index in [1.54, 1.807) is 9.80 Å². The van der Waals surface area contributed by atoms with E-state index in [-0.39, 0.29) is 18.0 Å². The van der Waals surface area contributed by atoms with Crippen molar-refractivity contribution in [2.45, 2.75) is 18.9 Å². The van der Waals surface area contributed by atoms with Crippen LogP contribution in [0, 0.1) is 0 Å². The van der Waals surface area contributed by atoms with Crippen molar-refractivity contribution in [1.82, 2.24) is 14.4 Å². The van der Waals surface area contributed by atoms with Gasteiger partial charge in [-0.1, -0.05) is 0 Å². The van der Waals surface area contributed by atoms with Crippen LogP contribution in [0.1, 0.15) is 23.3 Å². The first-order valence-corrected chi connectivity index (χ1v) is 10.5. The molecular formula is C22H29N5O3. The van der Waals surface area contributed by atoms with E-state index in [1.807, 2.05) is 54.2 Å². The third-order valence-electron chi connectivity index (χ3n) is 5.97. The van der Waals surface area contributed by atoms with Crippen molar-refractivity contribution in [2.75, 3.05) is 49.5 Å². The van der Waals surface area contributed by atoms with Gasteiger partial charge in [0, 0.05) is 63.9 Å². The van der Waals surface area contributed by atoms with Crippen molar-refractivity contribution in [3.8, 4) is 0 Å². The molecular weight excluding hydrogens is 382 g/mol. The van der Waals surface area contributed by atoms with Crippen LogP contribution in [0.25, 0.3) is 0 Å². The molecule has 2 saturated heterocycles. The van der Waals surface area contributed by atoms with Crippen molar-refractivity contribution in [3.63, 3.8) is 0 Å². The first-order valence-electron chi connectivity index (χ1n) is 10.5. The fraction of sp³-hybridized carbons (Fsp3) is 0.455. The number of nitrogens with zero attached hydrogens (tertiary/aromatic N) is 4. The van der Waals surface area contributed by atoms with Gasteiger partial charge in [0.15, 0.2) is 0 Å². The number of benzene rings is 1. The van der Waals surface area contributed by atoms with Crippen LogP contribution >= 0.6 is 0 Å². The Morgan fingerprint density at radius 1 is 0.933 bits per heavy atom. The highest BCUT2D eigenvalue weighted by molar-refractivity contribution is 5.93. The number of carbonyl (C=O) groups excluding carboxylic acids is 2. The molecule has 2 aromatic rings. The average molecular weight is 412 g/mol. The number of piperidine rings is 1. The van der Waals surface area contributed by atoms with Gasteiger partial charge in [-0.25, -0.2) is 4.79 Å². The molecule has 30 heavy (non-hydrogen) atoms. The van der Waals surface area contributed by atoms with Crippen LogP contribution in [-0.4, -0.2) is 76.8 Å². The van der Waals surface area contributed by atoms with Crippen molar-refractivity contribution in [3.05, 3.63) is 48.3 Å². The zero-order chi connectivity index (χ0) is 21.1. The maximum absolute atomic E-state index is 12.6. The fourth-order valence-electron chi connectivity index (χ4n) is 4.04. The van der Waals surface area contributed by atoms with Gasteiger partial charge in [-0.05, 0) is 49.2 Å². The molecule has 0 spiro atoms. The number of urea groups is 1. The summed E-state index contributed by atoms with van der Waals surface area (Å²) >= 11 is 0. The van der Waals surface area contributed by atoms with Crippen LogP contribution in [0.2, 0.25) is 0 Å². The zero-order valence-corrected chi connectivity index (χ0v) is 17.3. The van der Waals surface area contributed by atoms with E-state index in [0.29, 0.717) is 31.9 Å². The molecule has 8 heteroatoms. The van der Waals surface area contributed by atoms with E-state index in [0.717, 1.165) is 37.3 Å². The molecule has 2 aliphatic heterocycles. The zero-order valence-electron chi connectivity index (χ0n) is 17.3. The van der Waals surface area contributed by atoms with E-state index >= 15 is 0 Å². The van der Waals surface area contributed by atoms with Gasteiger partial charge in [0.05, 0.1) is 6.10 Å². The molecule has 8 nitrogen and oxygen atoms in total. The number of carbonyl (C=O) groups is 2. The number of hydrogen-bond acceptors (Lipinski definition) is 4. The molecule has 0 saturated carbocycles. The molecule has 2 aliphatic rings. The molecule has 3 amide bonds. The van der Waals surface area contributed by atoms with Crippen LogP contribution in [0.4, 0.5) is 16.2 Å². The lowest BCUT2D eigenvalue weighted by Gasteiger charge is -2.34. The van der Waals surface area contributed by atoms with Crippen molar-refractivity contribution >= 4 is 23.3 Å². The monoisotopic (exact) mass is 411 g/mol. The summed E-state index contributed by atoms with van der Waals surface area (Å²) in [5.74, 6) is 0.00313. The van der Waals surface area contributed by atoms with Crippen LogP contribution in [-0.2, 0) is 7.05 Å². The number of amides is 3. The number of anilines is 2. The summed E-state index contributed by atoms with van der Waals surface area (Å²) in [7, 11) is 1.86.